The third kappa shape index (κ3) is 3.62. The highest BCUT2D eigenvalue weighted by Gasteiger charge is 2.13. The first-order valence-electron chi connectivity index (χ1n) is 7.41. The van der Waals surface area contributed by atoms with Crippen LogP contribution in [0.25, 0.3) is 10.9 Å². The quantitative estimate of drug-likeness (QED) is 0.641. The number of pyridine rings is 1. The zero-order chi connectivity index (χ0) is 18.7. The summed E-state index contributed by atoms with van der Waals surface area (Å²) in [5.41, 5.74) is 0.694. The maximum atomic E-state index is 14.2. The topological polar surface area (TPSA) is 86.8 Å². The fraction of sp³-hybridized carbons (Fsp3) is 0.118. The second-order valence-electron chi connectivity index (χ2n) is 5.15. The number of nitrogens with one attached hydrogen (secondary N) is 1. The van der Waals surface area contributed by atoms with Crippen LogP contribution in [0.15, 0.2) is 42.6 Å². The van der Waals surface area contributed by atoms with Crippen LogP contribution in [-0.2, 0) is 10.9 Å². The molecule has 26 heavy (non-hydrogen) atoms. The lowest BCUT2D eigenvalue weighted by Crippen LogP contribution is -1.97. The number of ether oxygens (including phenoxy) is 3. The summed E-state index contributed by atoms with van der Waals surface area (Å²) in [6, 6.07) is 8.74. The molecule has 0 unspecified atom stereocenters. The Morgan fingerprint density at radius 1 is 0.962 bits per heavy atom. The van der Waals surface area contributed by atoms with Gasteiger partial charge >= 0.3 is 0 Å². The van der Waals surface area contributed by atoms with Gasteiger partial charge in [-0.3, -0.25) is 9.71 Å². The number of benzene rings is 2. The number of methoxy groups -OCH3 is 2. The smallest absolute Gasteiger partial charge is 0.222 e. The summed E-state index contributed by atoms with van der Waals surface area (Å²) in [6.07, 6.45) is 1.53. The van der Waals surface area contributed by atoms with Gasteiger partial charge < -0.3 is 14.2 Å². The van der Waals surface area contributed by atoms with Gasteiger partial charge in [0.05, 0.1) is 25.4 Å². The average molecular weight is 378 g/mol. The number of hydrogen-bond acceptors (Lipinski definition) is 6. The van der Waals surface area contributed by atoms with Crippen molar-refractivity contribution in [1.29, 1.82) is 0 Å². The molecule has 7 nitrogen and oxygen atoms in total. The zero-order valence-corrected chi connectivity index (χ0v) is 14.7. The molecule has 0 aliphatic rings. The molecule has 0 saturated heterocycles. The molecule has 2 aromatic carbocycles. The van der Waals surface area contributed by atoms with Crippen molar-refractivity contribution < 1.29 is 27.0 Å². The molecule has 0 amide bonds. The molecule has 0 fully saturated rings. The fourth-order valence-corrected chi connectivity index (χ4v) is 2.76. The summed E-state index contributed by atoms with van der Waals surface area (Å²) >= 11 is 0. The maximum absolute atomic E-state index is 14.2. The highest BCUT2D eigenvalue weighted by molar-refractivity contribution is 7.73. The van der Waals surface area contributed by atoms with Gasteiger partial charge in [0.2, 0.25) is 10.9 Å². The van der Waals surface area contributed by atoms with Gasteiger partial charge in [-0.15, -0.1) is 0 Å². The van der Waals surface area contributed by atoms with Crippen LogP contribution in [0.4, 0.5) is 10.1 Å². The molecule has 3 aromatic rings. The number of thiol groups is 1. The molecule has 0 aliphatic carbocycles. The number of nitrogens with zero attached hydrogens (tertiary/aromatic N) is 1. The minimum Gasteiger partial charge on any atom is -0.493 e. The van der Waals surface area contributed by atoms with E-state index in [-0.39, 0.29) is 11.4 Å². The monoisotopic (exact) mass is 378 g/mol. The van der Waals surface area contributed by atoms with Gasteiger partial charge in [-0.1, -0.05) is 0 Å². The normalized spacial score (nSPS) is 10.8. The standard InChI is InChI=1S/C17H15FN2O5S/c1-23-16-8-11-13(9-17(16)24-2)19-6-5-14(11)25-15-4-3-10(7-12(15)18)20-26(21)22/h3-9,26H,1-2H3,(H,20,21,22). The molecule has 0 atom stereocenters. The molecule has 1 aromatic heterocycles. The molecule has 0 radical (unpaired) electrons. The van der Waals surface area contributed by atoms with Crippen LogP contribution in [0.2, 0.25) is 0 Å². The van der Waals surface area contributed by atoms with E-state index in [2.05, 4.69) is 9.71 Å². The van der Waals surface area contributed by atoms with Crippen LogP contribution in [0.5, 0.6) is 23.0 Å². The predicted octanol–water partition coefficient (Wildman–Crippen LogP) is 3.12. The molecule has 0 saturated carbocycles. The zero-order valence-electron chi connectivity index (χ0n) is 13.9. The van der Waals surface area contributed by atoms with E-state index in [0.29, 0.717) is 28.2 Å². The van der Waals surface area contributed by atoms with Crippen LogP contribution in [0.3, 0.4) is 0 Å². The molecule has 0 aliphatic heterocycles. The third-order valence-corrected chi connectivity index (χ3v) is 4.02. The van der Waals surface area contributed by atoms with Crippen molar-refractivity contribution in [1.82, 2.24) is 4.98 Å². The first-order chi connectivity index (χ1) is 12.5. The molecular weight excluding hydrogens is 363 g/mol. The van der Waals surface area contributed by atoms with Gasteiger partial charge in [-0.25, -0.2) is 12.8 Å². The van der Waals surface area contributed by atoms with Gasteiger partial charge in [-0.2, -0.15) is 0 Å². The van der Waals surface area contributed by atoms with Crippen LogP contribution < -0.4 is 18.9 Å². The molecule has 9 heteroatoms. The number of halogens is 1. The third-order valence-electron chi connectivity index (χ3n) is 3.58. The first kappa shape index (κ1) is 17.7. The second kappa shape index (κ2) is 7.44. The van der Waals surface area contributed by atoms with Gasteiger partial charge in [-0.05, 0) is 24.3 Å². The summed E-state index contributed by atoms with van der Waals surface area (Å²) < 4.78 is 53.8. The van der Waals surface area contributed by atoms with Crippen LogP contribution in [0, 0.1) is 5.82 Å². The Hall–Kier alpha value is -3.07. The summed E-state index contributed by atoms with van der Waals surface area (Å²) in [4.78, 5) is 4.25. The second-order valence-corrected chi connectivity index (χ2v) is 5.89. The Kier molecular flexibility index (Phi) is 5.08. The Labute approximate surface area is 150 Å². The van der Waals surface area contributed by atoms with E-state index < -0.39 is 16.7 Å². The predicted molar refractivity (Wildman–Crippen MR) is 95.3 cm³/mol. The number of rotatable bonds is 6. The minimum atomic E-state index is -2.87. The van der Waals surface area contributed by atoms with E-state index in [9.17, 15) is 12.8 Å². The largest absolute Gasteiger partial charge is 0.493 e. The van der Waals surface area contributed by atoms with E-state index in [1.165, 1.54) is 32.5 Å². The highest BCUT2D eigenvalue weighted by atomic mass is 32.2. The van der Waals surface area contributed by atoms with Crippen molar-refractivity contribution >= 4 is 27.5 Å². The van der Waals surface area contributed by atoms with Crippen molar-refractivity contribution in [3.8, 4) is 23.0 Å². The fourth-order valence-electron chi connectivity index (χ4n) is 2.41. The van der Waals surface area contributed by atoms with E-state index in [0.717, 1.165) is 6.07 Å². The number of aromatic nitrogens is 1. The van der Waals surface area contributed by atoms with Crippen LogP contribution in [0.1, 0.15) is 0 Å². The van der Waals surface area contributed by atoms with Crippen molar-refractivity contribution in [2.75, 3.05) is 18.9 Å². The summed E-state index contributed by atoms with van der Waals surface area (Å²) in [7, 11) is 0.153. The number of anilines is 1. The van der Waals surface area contributed by atoms with Crippen molar-refractivity contribution in [2.24, 2.45) is 0 Å². The van der Waals surface area contributed by atoms with Gasteiger partial charge in [0.1, 0.15) is 5.75 Å². The minimum absolute atomic E-state index is 0.0565. The lowest BCUT2D eigenvalue weighted by Gasteiger charge is -2.13. The lowest BCUT2D eigenvalue weighted by molar-refractivity contribution is 0.355. The van der Waals surface area contributed by atoms with Crippen LogP contribution in [-0.4, -0.2) is 27.6 Å². The van der Waals surface area contributed by atoms with E-state index in [1.54, 1.807) is 18.2 Å². The summed E-state index contributed by atoms with van der Waals surface area (Å²) in [5.74, 6) is 0.594. The average Bonchev–Trinajstić information content (AvgIpc) is 2.62. The van der Waals surface area contributed by atoms with Crippen LogP contribution >= 0.6 is 0 Å². The molecule has 3 rings (SSSR count). The van der Waals surface area contributed by atoms with E-state index in [4.69, 9.17) is 14.2 Å². The summed E-state index contributed by atoms with van der Waals surface area (Å²) in [6.45, 7) is 0. The Morgan fingerprint density at radius 3 is 2.35 bits per heavy atom. The molecule has 0 bridgehead atoms. The molecule has 1 N–H and O–H groups in total. The van der Waals surface area contributed by atoms with E-state index in [1.807, 2.05) is 0 Å². The SMILES string of the molecule is COc1cc2nccc(Oc3ccc(N[SH](=O)=O)cc3F)c2cc1OC. The first-order valence-corrected chi connectivity index (χ1v) is 8.58. The Bertz CT molecular complexity index is 1030. The van der Waals surface area contributed by atoms with Gasteiger partial charge in [0.25, 0.3) is 0 Å². The Balaban J connectivity index is 2.01. The van der Waals surface area contributed by atoms with Crippen molar-refractivity contribution in [2.45, 2.75) is 0 Å². The molecular formula is C17H15FN2O5S. The van der Waals surface area contributed by atoms with Crippen molar-refractivity contribution in [3.05, 3.63) is 48.4 Å². The molecule has 136 valence electrons. The number of hydrogen-bond donors (Lipinski definition) is 2. The number of fused-ring (bicyclic) bond motifs is 1. The lowest BCUT2D eigenvalue weighted by atomic mass is 10.2. The Morgan fingerprint density at radius 2 is 1.69 bits per heavy atom. The van der Waals surface area contributed by atoms with Gasteiger partial charge in [0.15, 0.2) is 23.1 Å². The molecule has 0 spiro atoms. The maximum Gasteiger partial charge on any atom is 0.222 e. The van der Waals surface area contributed by atoms with E-state index >= 15 is 0 Å². The molecule has 1 heterocycles. The highest BCUT2D eigenvalue weighted by Crippen LogP contribution is 2.37. The van der Waals surface area contributed by atoms with Gasteiger partial charge in [0, 0.05) is 23.7 Å². The van der Waals surface area contributed by atoms with Crippen molar-refractivity contribution in [3.63, 3.8) is 0 Å². The summed E-state index contributed by atoms with van der Waals surface area (Å²) in [5, 5.41) is 0.606.